The number of carbonyl (C=O) groups excluding carboxylic acids is 2. The number of urea groups is 1. The monoisotopic (exact) mass is 296 g/mol. The summed E-state index contributed by atoms with van der Waals surface area (Å²) >= 11 is 16.3. The molecule has 3 amide bonds. The van der Waals surface area contributed by atoms with Gasteiger partial charge >= 0.3 is 10.0 Å². The summed E-state index contributed by atoms with van der Waals surface area (Å²) in [7, 11) is 0. The van der Waals surface area contributed by atoms with Gasteiger partial charge in [-0.05, 0) is 46.9 Å². The van der Waals surface area contributed by atoms with Gasteiger partial charge in [-0.15, -0.1) is 0 Å². The van der Waals surface area contributed by atoms with E-state index >= 15 is 0 Å². The Bertz CT molecular complexity index is 445. The van der Waals surface area contributed by atoms with E-state index in [2.05, 4.69) is 0 Å². The summed E-state index contributed by atoms with van der Waals surface area (Å²) in [5.74, 6) is -0.728. The van der Waals surface area contributed by atoms with Crippen molar-refractivity contribution in [1.29, 1.82) is 0 Å². The van der Waals surface area contributed by atoms with Crippen molar-refractivity contribution in [3.63, 3.8) is 0 Å². The van der Waals surface area contributed by atoms with Crippen molar-refractivity contribution in [2.75, 3.05) is 0 Å². The van der Waals surface area contributed by atoms with Gasteiger partial charge in [0, 0.05) is 0 Å². The minimum Gasteiger partial charge on any atom is -0.445 e. The van der Waals surface area contributed by atoms with Gasteiger partial charge in [0.1, 0.15) is 5.75 Å². The highest BCUT2D eigenvalue weighted by Gasteiger charge is 2.25. The maximum Gasteiger partial charge on any atom is 0.338 e. The number of nitrogens with one attached hydrogen (secondary N) is 1. The van der Waals surface area contributed by atoms with Gasteiger partial charge in [-0.2, -0.15) is 0 Å². The lowest BCUT2D eigenvalue weighted by Crippen LogP contribution is -2.35. The number of amides is 3. The number of para-hydroxylation sites is 1. The molecule has 92 valence electrons. The molecule has 0 heterocycles. The summed E-state index contributed by atoms with van der Waals surface area (Å²) in [6, 6.07) is 4.95. The van der Waals surface area contributed by atoms with E-state index in [9.17, 15) is 9.59 Å². The Morgan fingerprint density at radius 2 is 1.82 bits per heavy atom. The SMILES string of the molecule is NC(=O)NC(=O)c1ccccc1OC(Cl)(Cl)Cl. The van der Waals surface area contributed by atoms with Gasteiger partial charge in [0.2, 0.25) is 0 Å². The van der Waals surface area contributed by atoms with Crippen LogP contribution in [0.1, 0.15) is 10.4 Å². The van der Waals surface area contributed by atoms with Crippen molar-refractivity contribution in [3.8, 4) is 5.75 Å². The van der Waals surface area contributed by atoms with Gasteiger partial charge in [0.05, 0.1) is 5.56 Å². The summed E-state index contributed by atoms with van der Waals surface area (Å²) in [5.41, 5.74) is 4.84. The van der Waals surface area contributed by atoms with E-state index in [1.807, 2.05) is 5.32 Å². The minimum absolute atomic E-state index is 0.0197. The first-order chi connectivity index (χ1) is 7.79. The molecule has 0 aliphatic heterocycles. The molecule has 0 saturated carbocycles. The van der Waals surface area contributed by atoms with Crippen LogP contribution in [0, 0.1) is 0 Å². The Morgan fingerprint density at radius 3 is 2.35 bits per heavy atom. The Labute approximate surface area is 112 Å². The van der Waals surface area contributed by atoms with Gasteiger partial charge < -0.3 is 10.5 Å². The zero-order chi connectivity index (χ0) is 13.1. The first kappa shape index (κ1) is 13.9. The van der Waals surface area contributed by atoms with Gasteiger partial charge in [-0.3, -0.25) is 10.1 Å². The topological polar surface area (TPSA) is 81.4 Å². The first-order valence-corrected chi connectivity index (χ1v) is 5.38. The van der Waals surface area contributed by atoms with Gasteiger partial charge in [0.15, 0.2) is 0 Å². The highest BCUT2D eigenvalue weighted by atomic mass is 35.6. The second-order valence-electron chi connectivity index (χ2n) is 2.86. The average molecular weight is 298 g/mol. The zero-order valence-electron chi connectivity index (χ0n) is 8.25. The molecule has 1 aromatic rings. The van der Waals surface area contributed by atoms with E-state index in [1.54, 1.807) is 12.1 Å². The lowest BCUT2D eigenvalue weighted by molar-refractivity contribution is 0.0962. The molecule has 0 fully saturated rings. The number of hydrogen-bond donors (Lipinski definition) is 2. The molecule has 17 heavy (non-hydrogen) atoms. The molecule has 1 rings (SSSR count). The number of hydrogen-bond acceptors (Lipinski definition) is 3. The fourth-order valence-electron chi connectivity index (χ4n) is 1.05. The van der Waals surface area contributed by atoms with E-state index in [4.69, 9.17) is 45.3 Å². The van der Waals surface area contributed by atoms with E-state index < -0.39 is 15.9 Å². The van der Waals surface area contributed by atoms with Gasteiger partial charge in [-0.1, -0.05) is 12.1 Å². The normalized spacial score (nSPS) is 10.8. The van der Waals surface area contributed by atoms with E-state index in [1.165, 1.54) is 12.1 Å². The molecule has 5 nitrogen and oxygen atoms in total. The third kappa shape index (κ3) is 4.68. The Morgan fingerprint density at radius 1 is 1.24 bits per heavy atom. The summed E-state index contributed by atoms with van der Waals surface area (Å²) in [5, 5.41) is 1.88. The molecule has 0 unspecified atom stereocenters. The largest absolute Gasteiger partial charge is 0.445 e. The van der Waals surface area contributed by atoms with Crippen LogP contribution < -0.4 is 15.8 Å². The minimum atomic E-state index is -2.01. The van der Waals surface area contributed by atoms with Crippen molar-refractivity contribution in [3.05, 3.63) is 29.8 Å². The number of nitrogens with two attached hydrogens (primary N) is 1. The smallest absolute Gasteiger partial charge is 0.338 e. The van der Waals surface area contributed by atoms with E-state index in [-0.39, 0.29) is 11.3 Å². The first-order valence-electron chi connectivity index (χ1n) is 4.25. The van der Waals surface area contributed by atoms with E-state index in [0.717, 1.165) is 0 Å². The quantitative estimate of drug-likeness (QED) is 0.821. The molecule has 0 aliphatic rings. The van der Waals surface area contributed by atoms with Crippen LogP contribution in [0.5, 0.6) is 5.75 Å². The highest BCUT2D eigenvalue weighted by Crippen LogP contribution is 2.31. The number of imide groups is 1. The van der Waals surface area contributed by atoms with Gasteiger partial charge in [-0.25, -0.2) is 4.79 Å². The predicted molar refractivity (Wildman–Crippen MR) is 64.4 cm³/mol. The van der Waals surface area contributed by atoms with Crippen LogP contribution >= 0.6 is 34.8 Å². The molecule has 0 bridgehead atoms. The lowest BCUT2D eigenvalue weighted by Gasteiger charge is -2.16. The van der Waals surface area contributed by atoms with Crippen LogP contribution in [0.3, 0.4) is 0 Å². The summed E-state index contributed by atoms with van der Waals surface area (Å²) in [6.45, 7) is 0. The maximum absolute atomic E-state index is 11.5. The van der Waals surface area contributed by atoms with Crippen molar-refractivity contribution in [2.45, 2.75) is 3.98 Å². The highest BCUT2D eigenvalue weighted by molar-refractivity contribution is 6.66. The second-order valence-corrected chi connectivity index (χ2v) is 5.04. The number of alkyl halides is 3. The predicted octanol–water partition coefficient (Wildman–Crippen LogP) is 2.20. The zero-order valence-corrected chi connectivity index (χ0v) is 10.5. The Balaban J connectivity index is 2.99. The van der Waals surface area contributed by atoms with Crippen LogP contribution in [0.2, 0.25) is 0 Å². The molecule has 0 radical (unpaired) electrons. The van der Waals surface area contributed by atoms with Crippen molar-refractivity contribution < 1.29 is 14.3 Å². The molecule has 8 heteroatoms. The van der Waals surface area contributed by atoms with Crippen molar-refractivity contribution >= 4 is 46.7 Å². The molecule has 0 atom stereocenters. The van der Waals surface area contributed by atoms with Crippen LogP contribution in [-0.2, 0) is 0 Å². The maximum atomic E-state index is 11.5. The Hall–Kier alpha value is -1.17. The molecular formula is C9H7Cl3N2O3. The molecule has 1 aromatic carbocycles. The molecule has 0 aromatic heterocycles. The lowest BCUT2D eigenvalue weighted by atomic mass is 10.2. The fraction of sp³-hybridized carbons (Fsp3) is 0.111. The van der Waals surface area contributed by atoms with Crippen molar-refractivity contribution in [1.82, 2.24) is 5.32 Å². The molecule has 0 saturated heterocycles. The number of benzene rings is 1. The third-order valence-electron chi connectivity index (χ3n) is 1.59. The number of carbonyl (C=O) groups is 2. The molecule has 0 spiro atoms. The number of halogens is 3. The number of rotatable bonds is 2. The number of primary amides is 1. The summed E-state index contributed by atoms with van der Waals surface area (Å²) in [6.07, 6.45) is 0. The molecule has 3 N–H and O–H groups in total. The number of ether oxygens (including phenoxy) is 1. The Kier molecular flexibility index (Phi) is 4.45. The standard InChI is InChI=1S/C9H7Cl3N2O3/c10-9(11,12)17-6-4-2-1-3-5(6)7(15)14-8(13)16/h1-4H,(H3,13,14,15,16). The summed E-state index contributed by atoms with van der Waals surface area (Å²) in [4.78, 5) is 22.1. The van der Waals surface area contributed by atoms with Crippen LogP contribution in [0.15, 0.2) is 24.3 Å². The van der Waals surface area contributed by atoms with E-state index in [0.29, 0.717) is 0 Å². The average Bonchev–Trinajstić information content (AvgIpc) is 2.14. The van der Waals surface area contributed by atoms with Crippen LogP contribution in [0.25, 0.3) is 0 Å². The molecule has 0 aliphatic carbocycles. The second kappa shape index (κ2) is 5.44. The molecular weight excluding hydrogens is 290 g/mol. The van der Waals surface area contributed by atoms with Crippen molar-refractivity contribution in [2.24, 2.45) is 5.73 Å². The van der Waals surface area contributed by atoms with Gasteiger partial charge in [0.25, 0.3) is 5.91 Å². The van der Waals surface area contributed by atoms with Crippen LogP contribution in [0.4, 0.5) is 4.79 Å². The third-order valence-corrected chi connectivity index (χ3v) is 1.83. The summed E-state index contributed by atoms with van der Waals surface area (Å²) < 4.78 is 2.91. The van der Waals surface area contributed by atoms with Crippen LogP contribution in [-0.4, -0.2) is 15.9 Å². The fourth-order valence-corrected chi connectivity index (χ4v) is 1.30.